The average Bonchev–Trinajstić information content (AvgIpc) is 2.61. The number of alkyl halides is 3. The molecule has 0 heterocycles. The highest BCUT2D eigenvalue weighted by Crippen LogP contribution is 2.36. The molecular formula is C19H19ClF3NO2S. The Balaban J connectivity index is 1.80. The number of hydrogen-bond acceptors (Lipinski definition) is 2. The van der Waals surface area contributed by atoms with Crippen molar-refractivity contribution in [1.29, 1.82) is 0 Å². The number of sulfonamides is 1. The van der Waals surface area contributed by atoms with Gasteiger partial charge in [0.05, 0.1) is 15.5 Å². The maximum Gasteiger partial charge on any atom is 0.417 e. The molecule has 0 radical (unpaired) electrons. The predicted molar refractivity (Wildman–Crippen MR) is 99.1 cm³/mol. The molecule has 27 heavy (non-hydrogen) atoms. The SMILES string of the molecule is O=S(=O)(NC1CCCCC1)c1ccc(-c2ccc(C(F)(F)F)c(Cl)c2)cc1. The van der Waals surface area contributed by atoms with Gasteiger partial charge in [-0.05, 0) is 48.2 Å². The molecule has 0 spiro atoms. The smallest absolute Gasteiger partial charge is 0.208 e. The van der Waals surface area contributed by atoms with Crippen LogP contribution in [0.1, 0.15) is 37.7 Å². The van der Waals surface area contributed by atoms with Crippen molar-refractivity contribution in [2.24, 2.45) is 0 Å². The van der Waals surface area contributed by atoms with Crippen LogP contribution in [0.5, 0.6) is 0 Å². The molecule has 0 unspecified atom stereocenters. The summed E-state index contributed by atoms with van der Waals surface area (Å²) in [6.07, 6.45) is 0.311. The van der Waals surface area contributed by atoms with E-state index in [1.165, 1.54) is 24.3 Å². The van der Waals surface area contributed by atoms with Crippen molar-refractivity contribution >= 4 is 21.6 Å². The number of hydrogen-bond donors (Lipinski definition) is 1. The van der Waals surface area contributed by atoms with E-state index in [4.69, 9.17) is 11.6 Å². The fraction of sp³-hybridized carbons (Fsp3) is 0.368. The zero-order valence-electron chi connectivity index (χ0n) is 14.4. The van der Waals surface area contributed by atoms with Gasteiger partial charge in [0, 0.05) is 6.04 Å². The van der Waals surface area contributed by atoms with E-state index >= 15 is 0 Å². The molecular weight excluding hydrogens is 399 g/mol. The molecule has 0 atom stereocenters. The van der Waals surface area contributed by atoms with Crippen molar-refractivity contribution in [2.45, 2.75) is 49.2 Å². The molecule has 146 valence electrons. The first kappa shape index (κ1) is 20.2. The first-order valence-corrected chi connectivity index (χ1v) is 10.5. The number of nitrogens with one attached hydrogen (secondary N) is 1. The Morgan fingerprint density at radius 2 is 1.52 bits per heavy atom. The fourth-order valence-corrected chi connectivity index (χ4v) is 4.85. The summed E-state index contributed by atoms with van der Waals surface area (Å²) in [5.74, 6) is 0. The number of benzene rings is 2. The molecule has 0 bridgehead atoms. The maximum absolute atomic E-state index is 12.8. The highest BCUT2D eigenvalue weighted by molar-refractivity contribution is 7.89. The third-order valence-corrected chi connectivity index (χ3v) is 6.55. The van der Waals surface area contributed by atoms with Gasteiger partial charge in [-0.25, -0.2) is 13.1 Å². The number of rotatable bonds is 4. The first-order chi connectivity index (χ1) is 12.7. The van der Waals surface area contributed by atoms with E-state index in [9.17, 15) is 21.6 Å². The van der Waals surface area contributed by atoms with E-state index in [1.54, 1.807) is 12.1 Å². The minimum absolute atomic E-state index is 0.0443. The molecule has 2 aromatic carbocycles. The third-order valence-electron chi connectivity index (χ3n) is 4.70. The average molecular weight is 418 g/mol. The Morgan fingerprint density at radius 1 is 0.926 bits per heavy atom. The second kappa shape index (κ2) is 7.81. The van der Waals surface area contributed by atoms with E-state index in [0.717, 1.165) is 38.2 Å². The summed E-state index contributed by atoms with van der Waals surface area (Å²) in [6, 6.07) is 9.46. The molecule has 1 fully saturated rings. The second-order valence-corrected chi connectivity index (χ2v) is 8.79. The summed E-state index contributed by atoms with van der Waals surface area (Å²) >= 11 is 5.75. The Bertz CT molecular complexity index is 906. The summed E-state index contributed by atoms with van der Waals surface area (Å²) in [7, 11) is -3.62. The van der Waals surface area contributed by atoms with Crippen LogP contribution in [0.15, 0.2) is 47.4 Å². The van der Waals surface area contributed by atoms with Crippen LogP contribution in [-0.2, 0) is 16.2 Å². The minimum atomic E-state index is -4.52. The summed E-state index contributed by atoms with van der Waals surface area (Å²) in [5, 5.41) is -0.393. The molecule has 0 aliphatic heterocycles. The van der Waals surface area contributed by atoms with Crippen molar-refractivity contribution in [3.8, 4) is 11.1 Å². The summed E-state index contributed by atoms with van der Waals surface area (Å²) in [4.78, 5) is 0.134. The third kappa shape index (κ3) is 4.83. The Hall–Kier alpha value is -1.57. The summed E-state index contributed by atoms with van der Waals surface area (Å²) in [6.45, 7) is 0. The van der Waals surface area contributed by atoms with E-state index in [1.807, 2.05) is 0 Å². The predicted octanol–water partition coefficient (Wildman–Crippen LogP) is 5.64. The summed E-state index contributed by atoms with van der Waals surface area (Å²) < 4.78 is 66.1. The zero-order chi connectivity index (χ0) is 19.7. The van der Waals surface area contributed by atoms with Crippen LogP contribution in [0, 0.1) is 0 Å². The van der Waals surface area contributed by atoms with Crippen LogP contribution >= 0.6 is 11.6 Å². The molecule has 1 aliphatic carbocycles. The standard InChI is InChI=1S/C19H19ClF3NO2S/c20-18-12-14(8-11-17(18)19(21,22)23)13-6-9-16(10-7-13)27(25,26)24-15-4-2-1-3-5-15/h6-12,15,24H,1-5H2. The molecule has 0 amide bonds. The van der Waals surface area contributed by atoms with Crippen LogP contribution in [-0.4, -0.2) is 14.5 Å². The van der Waals surface area contributed by atoms with Gasteiger partial charge in [0.1, 0.15) is 0 Å². The van der Waals surface area contributed by atoms with Crippen LogP contribution in [0.25, 0.3) is 11.1 Å². The first-order valence-electron chi connectivity index (χ1n) is 8.66. The highest BCUT2D eigenvalue weighted by Gasteiger charge is 2.33. The number of halogens is 4. The van der Waals surface area contributed by atoms with Crippen LogP contribution < -0.4 is 4.72 Å². The highest BCUT2D eigenvalue weighted by atomic mass is 35.5. The van der Waals surface area contributed by atoms with E-state index < -0.39 is 26.8 Å². The monoisotopic (exact) mass is 417 g/mol. The van der Waals surface area contributed by atoms with Gasteiger partial charge < -0.3 is 0 Å². The van der Waals surface area contributed by atoms with E-state index in [0.29, 0.717) is 11.1 Å². The molecule has 1 saturated carbocycles. The van der Waals surface area contributed by atoms with Crippen molar-refractivity contribution < 1.29 is 21.6 Å². The normalized spacial score (nSPS) is 16.4. The van der Waals surface area contributed by atoms with Crippen molar-refractivity contribution in [3.63, 3.8) is 0 Å². The second-order valence-electron chi connectivity index (χ2n) is 6.67. The maximum atomic E-state index is 12.8. The minimum Gasteiger partial charge on any atom is -0.208 e. The van der Waals surface area contributed by atoms with Gasteiger partial charge in [0.2, 0.25) is 10.0 Å². The van der Waals surface area contributed by atoms with Crippen molar-refractivity contribution in [2.75, 3.05) is 0 Å². The van der Waals surface area contributed by atoms with Gasteiger partial charge in [-0.2, -0.15) is 13.2 Å². The van der Waals surface area contributed by atoms with Crippen molar-refractivity contribution in [1.82, 2.24) is 4.72 Å². The van der Waals surface area contributed by atoms with Crippen LogP contribution in [0.3, 0.4) is 0 Å². The lowest BCUT2D eigenvalue weighted by Gasteiger charge is -2.22. The molecule has 8 heteroatoms. The largest absolute Gasteiger partial charge is 0.417 e. The molecule has 1 aliphatic rings. The van der Waals surface area contributed by atoms with Gasteiger partial charge in [-0.1, -0.05) is 49.1 Å². The molecule has 0 saturated heterocycles. The Labute approximate surface area is 161 Å². The molecule has 1 N–H and O–H groups in total. The lowest BCUT2D eigenvalue weighted by atomic mass is 9.96. The van der Waals surface area contributed by atoms with Gasteiger partial charge in [-0.3, -0.25) is 0 Å². The van der Waals surface area contributed by atoms with Crippen LogP contribution in [0.4, 0.5) is 13.2 Å². The van der Waals surface area contributed by atoms with Gasteiger partial charge in [0.25, 0.3) is 0 Å². The van der Waals surface area contributed by atoms with Gasteiger partial charge in [-0.15, -0.1) is 0 Å². The molecule has 3 nitrogen and oxygen atoms in total. The van der Waals surface area contributed by atoms with E-state index in [2.05, 4.69) is 4.72 Å². The molecule has 3 rings (SSSR count). The van der Waals surface area contributed by atoms with Gasteiger partial charge in [0.15, 0.2) is 0 Å². The quantitative estimate of drug-likeness (QED) is 0.700. The topological polar surface area (TPSA) is 46.2 Å². The van der Waals surface area contributed by atoms with Crippen LogP contribution in [0.2, 0.25) is 5.02 Å². The molecule has 2 aromatic rings. The lowest BCUT2D eigenvalue weighted by Crippen LogP contribution is -2.36. The Kier molecular flexibility index (Phi) is 5.84. The Morgan fingerprint density at radius 3 is 2.07 bits per heavy atom. The van der Waals surface area contributed by atoms with Crippen molar-refractivity contribution in [3.05, 3.63) is 53.1 Å². The van der Waals surface area contributed by atoms with Gasteiger partial charge >= 0.3 is 6.18 Å². The fourth-order valence-electron chi connectivity index (χ4n) is 3.26. The zero-order valence-corrected chi connectivity index (χ0v) is 16.0. The molecule has 0 aromatic heterocycles. The summed E-state index contributed by atoms with van der Waals surface area (Å²) in [5.41, 5.74) is 0.170. The van der Waals surface area contributed by atoms with E-state index in [-0.39, 0.29) is 10.9 Å². The lowest BCUT2D eigenvalue weighted by molar-refractivity contribution is -0.137.